The van der Waals surface area contributed by atoms with Gasteiger partial charge in [0, 0.05) is 17.3 Å². The van der Waals surface area contributed by atoms with Crippen LogP contribution in [-0.2, 0) is 24.1 Å². The minimum absolute atomic E-state index is 0.0588. The summed E-state index contributed by atoms with van der Waals surface area (Å²) in [5, 5.41) is 11.9. The minimum Gasteiger partial charge on any atom is -0.486 e. The van der Waals surface area contributed by atoms with Crippen LogP contribution in [0.1, 0.15) is 17.0 Å². The Morgan fingerprint density at radius 3 is 2.79 bits per heavy atom. The van der Waals surface area contributed by atoms with Gasteiger partial charge in [-0.25, -0.2) is 0 Å². The van der Waals surface area contributed by atoms with Crippen LogP contribution in [0.4, 0.5) is 18.9 Å². The summed E-state index contributed by atoms with van der Waals surface area (Å²) in [4.78, 5) is 12.4. The second kappa shape index (κ2) is 10.8. The molecule has 0 saturated carbocycles. The van der Waals surface area contributed by atoms with Gasteiger partial charge in [0.05, 0.1) is 11.3 Å². The van der Waals surface area contributed by atoms with Crippen molar-refractivity contribution in [2.75, 3.05) is 11.1 Å². The molecule has 0 aliphatic heterocycles. The van der Waals surface area contributed by atoms with E-state index in [-0.39, 0.29) is 24.0 Å². The molecule has 1 heterocycles. The molecule has 0 aliphatic carbocycles. The Balaban J connectivity index is 1.65. The van der Waals surface area contributed by atoms with Gasteiger partial charge in [0.2, 0.25) is 5.91 Å². The Morgan fingerprint density at radius 2 is 2.06 bits per heavy atom. The fourth-order valence-corrected chi connectivity index (χ4v) is 3.74. The Hall–Kier alpha value is -2.98. The van der Waals surface area contributed by atoms with Crippen LogP contribution >= 0.6 is 23.4 Å². The first-order chi connectivity index (χ1) is 15.7. The highest BCUT2D eigenvalue weighted by Crippen LogP contribution is 2.31. The predicted molar refractivity (Wildman–Crippen MR) is 122 cm³/mol. The van der Waals surface area contributed by atoms with Gasteiger partial charge in [0.15, 0.2) is 11.0 Å². The van der Waals surface area contributed by atoms with Crippen molar-refractivity contribution in [3.63, 3.8) is 0 Å². The van der Waals surface area contributed by atoms with Gasteiger partial charge in [-0.2, -0.15) is 13.2 Å². The summed E-state index contributed by atoms with van der Waals surface area (Å²) in [6.07, 6.45) is -2.84. The second-order valence-electron chi connectivity index (χ2n) is 6.91. The summed E-state index contributed by atoms with van der Waals surface area (Å²) in [6.45, 7) is 5.80. The number of amides is 1. The number of anilines is 1. The summed E-state index contributed by atoms with van der Waals surface area (Å²) in [7, 11) is 0. The molecule has 2 aromatic carbocycles. The molecule has 0 bridgehead atoms. The normalized spacial score (nSPS) is 11.3. The molecular weight excluding hydrogens is 477 g/mol. The number of benzene rings is 2. The van der Waals surface area contributed by atoms with Crippen LogP contribution in [-0.4, -0.2) is 26.4 Å². The zero-order valence-corrected chi connectivity index (χ0v) is 19.1. The monoisotopic (exact) mass is 496 g/mol. The third-order valence-corrected chi connectivity index (χ3v) is 5.64. The largest absolute Gasteiger partial charge is 0.486 e. The van der Waals surface area contributed by atoms with Gasteiger partial charge in [-0.15, -0.1) is 16.8 Å². The lowest BCUT2D eigenvalue weighted by Crippen LogP contribution is -2.15. The molecule has 33 heavy (non-hydrogen) atoms. The van der Waals surface area contributed by atoms with Crippen LogP contribution in [0.15, 0.2) is 60.3 Å². The molecule has 0 aliphatic rings. The third kappa shape index (κ3) is 6.75. The smallest absolute Gasteiger partial charge is 0.416 e. The molecule has 3 rings (SSSR count). The van der Waals surface area contributed by atoms with Crippen molar-refractivity contribution >= 4 is 35.0 Å². The lowest BCUT2D eigenvalue weighted by Gasteiger charge is -2.11. The maximum absolute atomic E-state index is 12.9. The quantitative estimate of drug-likeness (QED) is 0.301. The van der Waals surface area contributed by atoms with Gasteiger partial charge in [-0.3, -0.25) is 9.36 Å². The summed E-state index contributed by atoms with van der Waals surface area (Å²) in [5.41, 5.74) is 0.696. The number of nitrogens with zero attached hydrogens (tertiary/aromatic N) is 3. The number of carbonyl (C=O) groups excluding carboxylic acids is 1. The molecule has 6 nitrogen and oxygen atoms in total. The minimum atomic E-state index is -4.46. The van der Waals surface area contributed by atoms with E-state index in [1.54, 1.807) is 22.8 Å². The number of ether oxygens (including phenoxy) is 1. The fourth-order valence-electron chi connectivity index (χ4n) is 2.80. The number of allylic oxidation sites excluding steroid dienone is 1. The van der Waals surface area contributed by atoms with Crippen LogP contribution in [0.2, 0.25) is 5.02 Å². The Bertz CT molecular complexity index is 1150. The van der Waals surface area contributed by atoms with Crippen LogP contribution in [0.3, 0.4) is 0 Å². The van der Waals surface area contributed by atoms with Crippen molar-refractivity contribution in [3.05, 3.63) is 77.1 Å². The number of alkyl halides is 3. The molecule has 3 aromatic rings. The summed E-state index contributed by atoms with van der Waals surface area (Å²) < 4.78 is 45.9. The summed E-state index contributed by atoms with van der Waals surface area (Å²) >= 11 is 7.15. The Labute approximate surface area is 197 Å². The highest BCUT2D eigenvalue weighted by molar-refractivity contribution is 7.99. The zero-order valence-electron chi connectivity index (χ0n) is 17.5. The number of halogens is 4. The fraction of sp³-hybridized carbons (Fsp3) is 0.227. The van der Waals surface area contributed by atoms with E-state index in [1.165, 1.54) is 12.1 Å². The first-order valence-corrected chi connectivity index (χ1v) is 11.1. The molecule has 174 valence electrons. The number of carbonyl (C=O) groups is 1. The van der Waals surface area contributed by atoms with Gasteiger partial charge in [-0.05, 0) is 42.8 Å². The number of hydrogen-bond acceptors (Lipinski definition) is 5. The number of hydrogen-bond donors (Lipinski definition) is 1. The van der Waals surface area contributed by atoms with Gasteiger partial charge in [0.25, 0.3) is 0 Å². The number of thioether (sulfide) groups is 1. The van der Waals surface area contributed by atoms with Gasteiger partial charge in [-0.1, -0.05) is 41.6 Å². The van der Waals surface area contributed by atoms with E-state index in [2.05, 4.69) is 22.1 Å². The van der Waals surface area contributed by atoms with Crippen molar-refractivity contribution in [1.29, 1.82) is 0 Å². The average Bonchev–Trinajstić information content (AvgIpc) is 3.15. The topological polar surface area (TPSA) is 69.0 Å². The molecule has 0 spiro atoms. The van der Waals surface area contributed by atoms with E-state index in [0.717, 1.165) is 29.5 Å². The van der Waals surface area contributed by atoms with E-state index < -0.39 is 11.7 Å². The number of nitrogens with one attached hydrogen (secondary N) is 1. The molecule has 0 fully saturated rings. The lowest BCUT2D eigenvalue weighted by molar-refractivity contribution is -0.137. The zero-order chi connectivity index (χ0) is 24.0. The molecular formula is C22H20ClF3N4O2S. The molecule has 1 aromatic heterocycles. The first-order valence-electron chi connectivity index (χ1n) is 9.69. The molecule has 0 atom stereocenters. The molecule has 1 amide bonds. The van der Waals surface area contributed by atoms with Crippen LogP contribution in [0, 0.1) is 6.92 Å². The van der Waals surface area contributed by atoms with Crippen molar-refractivity contribution in [2.24, 2.45) is 0 Å². The van der Waals surface area contributed by atoms with E-state index in [4.69, 9.17) is 16.3 Å². The van der Waals surface area contributed by atoms with E-state index in [1.807, 2.05) is 13.0 Å². The number of aryl methyl sites for hydroxylation is 1. The number of aromatic nitrogens is 3. The van der Waals surface area contributed by atoms with Gasteiger partial charge in [0.1, 0.15) is 12.4 Å². The average molecular weight is 497 g/mol. The molecule has 11 heteroatoms. The maximum atomic E-state index is 12.9. The van der Waals surface area contributed by atoms with Crippen molar-refractivity contribution in [1.82, 2.24) is 14.8 Å². The van der Waals surface area contributed by atoms with Crippen molar-refractivity contribution in [3.8, 4) is 5.75 Å². The summed E-state index contributed by atoms with van der Waals surface area (Å²) in [6, 6.07) is 9.81. The maximum Gasteiger partial charge on any atom is 0.416 e. The highest BCUT2D eigenvalue weighted by atomic mass is 35.5. The van der Waals surface area contributed by atoms with E-state index in [0.29, 0.717) is 28.2 Å². The van der Waals surface area contributed by atoms with E-state index in [9.17, 15) is 18.0 Å². The highest BCUT2D eigenvalue weighted by Gasteiger charge is 2.30. The van der Waals surface area contributed by atoms with Crippen LogP contribution < -0.4 is 10.1 Å². The van der Waals surface area contributed by atoms with Crippen LogP contribution in [0.5, 0.6) is 5.75 Å². The van der Waals surface area contributed by atoms with Crippen molar-refractivity contribution < 1.29 is 22.7 Å². The molecule has 0 saturated heterocycles. The molecule has 1 N–H and O–H groups in total. The lowest BCUT2D eigenvalue weighted by atomic mass is 10.2. The SMILES string of the molecule is C=CCn1c(COc2cccc(C(F)(F)F)c2)nnc1SCC(=O)Nc1cc(Cl)ccc1C. The first kappa shape index (κ1) is 24.7. The van der Waals surface area contributed by atoms with Gasteiger partial charge >= 0.3 is 6.18 Å². The predicted octanol–water partition coefficient (Wildman–Crippen LogP) is 5.75. The second-order valence-corrected chi connectivity index (χ2v) is 8.29. The Kier molecular flexibility index (Phi) is 8.04. The third-order valence-electron chi connectivity index (χ3n) is 4.44. The van der Waals surface area contributed by atoms with Gasteiger partial charge < -0.3 is 10.1 Å². The summed E-state index contributed by atoms with van der Waals surface area (Å²) in [5.74, 6) is 0.264. The molecule has 0 radical (unpaired) electrons. The number of rotatable bonds is 9. The van der Waals surface area contributed by atoms with Crippen LogP contribution in [0.25, 0.3) is 0 Å². The standard InChI is InChI=1S/C22H20ClF3N4O2S/c1-3-9-30-19(12-32-17-6-4-5-15(10-17)22(24,25)26)28-29-21(30)33-13-20(31)27-18-11-16(23)8-7-14(18)2/h3-8,10-11H,1,9,12-13H2,2H3,(H,27,31). The van der Waals surface area contributed by atoms with Crippen molar-refractivity contribution in [2.45, 2.75) is 31.4 Å². The van der Waals surface area contributed by atoms with E-state index >= 15 is 0 Å². The Morgan fingerprint density at radius 1 is 1.27 bits per heavy atom. The molecule has 0 unspecified atom stereocenters.